The van der Waals surface area contributed by atoms with Gasteiger partial charge in [-0.25, -0.2) is 0 Å². The van der Waals surface area contributed by atoms with Gasteiger partial charge in [0.2, 0.25) is 5.95 Å². The van der Waals surface area contributed by atoms with Gasteiger partial charge in [-0.05, 0) is 36.4 Å². The Kier molecular flexibility index (Phi) is 4.94. The minimum absolute atomic E-state index is 0.422. The van der Waals surface area contributed by atoms with Crippen molar-refractivity contribution in [1.29, 1.82) is 0 Å². The summed E-state index contributed by atoms with van der Waals surface area (Å²) < 4.78 is 5.22. The lowest BCUT2D eigenvalue weighted by atomic mass is 10.2. The Morgan fingerprint density at radius 1 is 0.960 bits per heavy atom. The van der Waals surface area contributed by atoms with E-state index >= 15 is 0 Å². The van der Waals surface area contributed by atoms with Gasteiger partial charge in [0, 0.05) is 37.2 Å². The van der Waals surface area contributed by atoms with Crippen molar-refractivity contribution >= 4 is 28.8 Å². The Bertz CT molecular complexity index is 835. The number of hydrogen-bond donors (Lipinski definition) is 2. The highest BCUT2D eigenvalue weighted by molar-refractivity contribution is 5.61. The van der Waals surface area contributed by atoms with Crippen LogP contribution in [0.25, 0.3) is 0 Å². The summed E-state index contributed by atoms with van der Waals surface area (Å²) in [5.41, 5.74) is 2.88. The maximum absolute atomic E-state index is 5.22. The molecule has 1 aromatic heterocycles. The van der Waals surface area contributed by atoms with Crippen LogP contribution in [0.5, 0.6) is 5.75 Å². The molecule has 0 aliphatic rings. The van der Waals surface area contributed by atoms with E-state index in [1.807, 2.05) is 67.5 Å². The Morgan fingerprint density at radius 2 is 1.76 bits per heavy atom. The second-order valence-electron chi connectivity index (χ2n) is 5.59. The second-order valence-corrected chi connectivity index (χ2v) is 5.59. The topological polar surface area (TPSA) is 75.2 Å². The molecule has 0 unspecified atom stereocenters. The number of hydrogen-bond acceptors (Lipinski definition) is 7. The maximum atomic E-state index is 5.22. The first-order valence-corrected chi connectivity index (χ1v) is 7.79. The molecule has 7 heteroatoms. The molecule has 0 fully saturated rings. The van der Waals surface area contributed by atoms with Crippen molar-refractivity contribution in [3.63, 3.8) is 0 Å². The largest absolute Gasteiger partial charge is 0.497 e. The van der Waals surface area contributed by atoms with E-state index in [4.69, 9.17) is 4.74 Å². The van der Waals surface area contributed by atoms with E-state index < -0.39 is 0 Å². The van der Waals surface area contributed by atoms with Gasteiger partial charge >= 0.3 is 0 Å². The van der Waals surface area contributed by atoms with Gasteiger partial charge in [-0.3, -0.25) is 0 Å². The summed E-state index contributed by atoms with van der Waals surface area (Å²) in [6.07, 6.45) is 1.57. The summed E-state index contributed by atoms with van der Waals surface area (Å²) in [5, 5.41) is 14.3. The molecule has 0 saturated heterocycles. The molecule has 0 atom stereocenters. The van der Waals surface area contributed by atoms with Crippen molar-refractivity contribution in [3.8, 4) is 5.75 Å². The minimum Gasteiger partial charge on any atom is -0.497 e. The van der Waals surface area contributed by atoms with Gasteiger partial charge in [0.25, 0.3) is 0 Å². The van der Waals surface area contributed by atoms with Gasteiger partial charge < -0.3 is 20.3 Å². The molecule has 0 spiro atoms. The molecule has 7 nitrogen and oxygen atoms in total. The lowest BCUT2D eigenvalue weighted by Gasteiger charge is -2.13. The molecule has 0 bridgehead atoms. The zero-order valence-corrected chi connectivity index (χ0v) is 14.4. The molecule has 0 aliphatic carbocycles. The van der Waals surface area contributed by atoms with Crippen molar-refractivity contribution in [2.24, 2.45) is 0 Å². The predicted octanol–water partition coefficient (Wildman–Crippen LogP) is 3.43. The van der Waals surface area contributed by atoms with Crippen LogP contribution >= 0.6 is 0 Å². The Labute approximate surface area is 146 Å². The third-order valence-corrected chi connectivity index (χ3v) is 3.54. The monoisotopic (exact) mass is 336 g/mol. The minimum atomic E-state index is 0.422. The zero-order chi connectivity index (χ0) is 17.6. The highest BCUT2D eigenvalue weighted by Crippen LogP contribution is 2.21. The third-order valence-electron chi connectivity index (χ3n) is 3.54. The molecule has 2 aromatic carbocycles. The first kappa shape index (κ1) is 16.5. The summed E-state index contributed by atoms with van der Waals surface area (Å²) >= 11 is 0. The molecule has 0 aliphatic heterocycles. The van der Waals surface area contributed by atoms with Gasteiger partial charge in [0.1, 0.15) is 5.75 Å². The molecule has 2 N–H and O–H groups in total. The van der Waals surface area contributed by atoms with Crippen molar-refractivity contribution in [3.05, 3.63) is 54.7 Å². The number of anilines is 5. The van der Waals surface area contributed by atoms with Crippen molar-refractivity contribution in [2.45, 2.75) is 0 Å². The van der Waals surface area contributed by atoms with E-state index in [-0.39, 0.29) is 0 Å². The van der Waals surface area contributed by atoms with Crippen molar-refractivity contribution < 1.29 is 4.74 Å². The van der Waals surface area contributed by atoms with Crippen LogP contribution in [0, 0.1) is 0 Å². The second kappa shape index (κ2) is 7.48. The molecule has 3 rings (SSSR count). The number of rotatable bonds is 6. The maximum Gasteiger partial charge on any atom is 0.249 e. The van der Waals surface area contributed by atoms with E-state index in [0.29, 0.717) is 11.8 Å². The van der Waals surface area contributed by atoms with Gasteiger partial charge in [0.15, 0.2) is 5.82 Å². The lowest BCUT2D eigenvalue weighted by Crippen LogP contribution is -2.08. The summed E-state index contributed by atoms with van der Waals surface area (Å²) in [7, 11) is 5.64. The molecular formula is C18H20N6O. The number of ether oxygens (including phenoxy) is 1. The average Bonchev–Trinajstić information content (AvgIpc) is 2.62. The molecule has 128 valence electrons. The summed E-state index contributed by atoms with van der Waals surface area (Å²) in [6, 6.07) is 15.6. The first-order valence-electron chi connectivity index (χ1n) is 7.79. The van der Waals surface area contributed by atoms with Gasteiger partial charge in [-0.1, -0.05) is 6.07 Å². The predicted molar refractivity (Wildman–Crippen MR) is 100 cm³/mol. The van der Waals surface area contributed by atoms with Crippen LogP contribution < -0.4 is 20.3 Å². The lowest BCUT2D eigenvalue weighted by molar-refractivity contribution is 0.415. The summed E-state index contributed by atoms with van der Waals surface area (Å²) in [5.74, 6) is 1.78. The standard InChI is InChI=1S/C18H20N6O/c1-24(2)15-9-7-13(8-10-15)21-18-22-17(12-19-23-18)20-14-5-4-6-16(11-14)25-3/h4-12H,1-3H3,(H2,20,21,22,23). The van der Waals surface area contributed by atoms with Crippen LogP contribution in [0.15, 0.2) is 54.7 Å². The van der Waals surface area contributed by atoms with E-state index in [2.05, 4.69) is 25.8 Å². The van der Waals surface area contributed by atoms with E-state index in [0.717, 1.165) is 22.8 Å². The van der Waals surface area contributed by atoms with Crippen LogP contribution in [0.4, 0.5) is 28.8 Å². The Balaban J connectivity index is 1.72. The van der Waals surface area contributed by atoms with Crippen LogP contribution in [0.3, 0.4) is 0 Å². The highest BCUT2D eigenvalue weighted by atomic mass is 16.5. The van der Waals surface area contributed by atoms with Crippen molar-refractivity contribution in [1.82, 2.24) is 15.2 Å². The normalized spacial score (nSPS) is 10.2. The van der Waals surface area contributed by atoms with E-state index in [1.165, 1.54) is 0 Å². The molecule has 25 heavy (non-hydrogen) atoms. The number of nitrogens with zero attached hydrogens (tertiary/aromatic N) is 4. The number of methoxy groups -OCH3 is 1. The molecule has 3 aromatic rings. The smallest absolute Gasteiger partial charge is 0.249 e. The quantitative estimate of drug-likeness (QED) is 0.714. The first-order chi connectivity index (χ1) is 12.1. The molecule has 0 saturated carbocycles. The molecular weight excluding hydrogens is 316 g/mol. The van der Waals surface area contributed by atoms with Crippen LogP contribution in [0.1, 0.15) is 0 Å². The number of benzene rings is 2. The number of nitrogens with one attached hydrogen (secondary N) is 2. The Hall–Kier alpha value is -3.35. The van der Waals surface area contributed by atoms with Crippen LogP contribution in [-0.2, 0) is 0 Å². The zero-order valence-electron chi connectivity index (χ0n) is 14.4. The average molecular weight is 336 g/mol. The Morgan fingerprint density at radius 3 is 2.48 bits per heavy atom. The van der Waals surface area contributed by atoms with Gasteiger partial charge in [-0.2, -0.15) is 10.1 Å². The fourth-order valence-electron chi connectivity index (χ4n) is 2.24. The SMILES string of the molecule is COc1cccc(Nc2cnnc(Nc3ccc(N(C)C)cc3)n2)c1. The van der Waals surface area contributed by atoms with Crippen LogP contribution in [0.2, 0.25) is 0 Å². The highest BCUT2D eigenvalue weighted by Gasteiger charge is 2.03. The summed E-state index contributed by atoms with van der Waals surface area (Å²) in [6.45, 7) is 0. The molecule has 0 amide bonds. The summed E-state index contributed by atoms with van der Waals surface area (Å²) in [4.78, 5) is 6.47. The van der Waals surface area contributed by atoms with Gasteiger partial charge in [0.05, 0.1) is 13.3 Å². The number of aromatic nitrogens is 3. The fraction of sp³-hybridized carbons (Fsp3) is 0.167. The molecule has 1 heterocycles. The fourth-order valence-corrected chi connectivity index (χ4v) is 2.24. The van der Waals surface area contributed by atoms with E-state index in [1.54, 1.807) is 13.3 Å². The third kappa shape index (κ3) is 4.35. The van der Waals surface area contributed by atoms with Crippen molar-refractivity contribution in [2.75, 3.05) is 36.7 Å². The van der Waals surface area contributed by atoms with E-state index in [9.17, 15) is 0 Å². The molecule has 0 radical (unpaired) electrons. The van der Waals surface area contributed by atoms with Gasteiger partial charge in [-0.15, -0.1) is 5.10 Å². The van der Waals surface area contributed by atoms with Crippen LogP contribution in [-0.4, -0.2) is 36.4 Å².